The highest BCUT2D eigenvalue weighted by Gasteiger charge is 2.06. The van der Waals surface area contributed by atoms with E-state index in [1.807, 2.05) is 12.1 Å². The first-order chi connectivity index (χ1) is 6.85. The average molecular weight is 185 g/mol. The van der Waals surface area contributed by atoms with Crippen LogP contribution in [0.3, 0.4) is 0 Å². The molecule has 2 rings (SSSR count). The normalized spacial score (nSPS) is 9.71. The summed E-state index contributed by atoms with van der Waals surface area (Å²) < 4.78 is 4.98. The minimum absolute atomic E-state index is 0.341. The van der Waals surface area contributed by atoms with Crippen molar-refractivity contribution in [2.75, 3.05) is 7.11 Å². The van der Waals surface area contributed by atoms with Gasteiger partial charge in [-0.15, -0.1) is 0 Å². The van der Waals surface area contributed by atoms with E-state index in [0.29, 0.717) is 17.0 Å². The Morgan fingerprint density at radius 3 is 3.00 bits per heavy atom. The summed E-state index contributed by atoms with van der Waals surface area (Å²) in [6.45, 7) is 0. The summed E-state index contributed by atoms with van der Waals surface area (Å²) in [7, 11) is 1.49. The molecule has 0 bridgehead atoms. The maximum absolute atomic E-state index is 8.81. The summed E-state index contributed by atoms with van der Waals surface area (Å²) >= 11 is 0. The average Bonchev–Trinajstić information content (AvgIpc) is 2.27. The van der Waals surface area contributed by atoms with E-state index in [0.717, 1.165) is 5.52 Å². The number of nitriles is 1. The first kappa shape index (κ1) is 8.45. The largest absolute Gasteiger partial charge is 0.480 e. The molecule has 0 radical (unpaired) electrons. The molecule has 0 saturated heterocycles. The van der Waals surface area contributed by atoms with Gasteiger partial charge in [0.15, 0.2) is 0 Å². The summed E-state index contributed by atoms with van der Waals surface area (Å²) in [6.07, 6.45) is 1.66. The summed E-state index contributed by atoms with van der Waals surface area (Å²) in [5, 5.41) is 8.81. The molecule has 68 valence electrons. The Hall–Kier alpha value is -2.15. The molecule has 0 saturated carbocycles. The molecule has 0 atom stereocenters. The third-order valence-electron chi connectivity index (χ3n) is 1.86. The predicted molar refractivity (Wildman–Crippen MR) is 50.8 cm³/mol. The van der Waals surface area contributed by atoms with Crippen LogP contribution in [0.2, 0.25) is 0 Å². The highest BCUT2D eigenvalue weighted by atomic mass is 16.5. The van der Waals surface area contributed by atoms with E-state index in [-0.39, 0.29) is 0 Å². The molecule has 2 aromatic heterocycles. The van der Waals surface area contributed by atoms with E-state index >= 15 is 0 Å². The van der Waals surface area contributed by atoms with Gasteiger partial charge in [-0.05, 0) is 18.2 Å². The van der Waals surface area contributed by atoms with Crippen molar-refractivity contribution in [2.45, 2.75) is 0 Å². The fraction of sp³-hybridized carbons (Fsp3) is 0.100. The van der Waals surface area contributed by atoms with Gasteiger partial charge in [-0.1, -0.05) is 0 Å². The number of ether oxygens (including phenoxy) is 1. The van der Waals surface area contributed by atoms with Gasteiger partial charge in [0.2, 0.25) is 5.88 Å². The van der Waals surface area contributed by atoms with Gasteiger partial charge in [-0.3, -0.25) is 4.98 Å². The molecule has 0 amide bonds. The summed E-state index contributed by atoms with van der Waals surface area (Å²) in [4.78, 5) is 8.25. The molecule has 2 aromatic rings. The van der Waals surface area contributed by atoms with E-state index in [2.05, 4.69) is 9.97 Å². The lowest BCUT2D eigenvalue weighted by Crippen LogP contribution is -1.93. The molecule has 4 nitrogen and oxygen atoms in total. The number of pyridine rings is 2. The van der Waals surface area contributed by atoms with Gasteiger partial charge in [0.25, 0.3) is 0 Å². The number of rotatable bonds is 1. The Labute approximate surface area is 80.8 Å². The van der Waals surface area contributed by atoms with Crippen LogP contribution < -0.4 is 4.74 Å². The zero-order valence-electron chi connectivity index (χ0n) is 7.56. The number of hydrogen-bond donors (Lipinski definition) is 0. The van der Waals surface area contributed by atoms with Crippen LogP contribution in [0, 0.1) is 11.3 Å². The van der Waals surface area contributed by atoms with Gasteiger partial charge in [-0.2, -0.15) is 5.26 Å². The lowest BCUT2D eigenvalue weighted by atomic mass is 10.2. The Morgan fingerprint density at radius 1 is 1.43 bits per heavy atom. The number of fused-ring (bicyclic) bond motifs is 1. The topological polar surface area (TPSA) is 58.8 Å². The SMILES string of the molecule is COc1nc2cccnc2cc1C#N. The van der Waals surface area contributed by atoms with Crippen molar-refractivity contribution >= 4 is 11.0 Å². The van der Waals surface area contributed by atoms with Gasteiger partial charge < -0.3 is 4.74 Å². The van der Waals surface area contributed by atoms with Crippen molar-refractivity contribution in [3.05, 3.63) is 30.0 Å². The quantitative estimate of drug-likeness (QED) is 0.675. The summed E-state index contributed by atoms with van der Waals surface area (Å²) in [5.41, 5.74) is 1.83. The van der Waals surface area contributed by atoms with Crippen molar-refractivity contribution in [1.29, 1.82) is 5.26 Å². The molecule has 0 spiro atoms. The Kier molecular flexibility index (Phi) is 1.99. The van der Waals surface area contributed by atoms with Gasteiger partial charge in [0, 0.05) is 6.20 Å². The van der Waals surface area contributed by atoms with Crippen LogP contribution in [0.5, 0.6) is 5.88 Å². The van der Waals surface area contributed by atoms with E-state index in [1.165, 1.54) is 7.11 Å². The van der Waals surface area contributed by atoms with Crippen molar-refractivity contribution in [1.82, 2.24) is 9.97 Å². The van der Waals surface area contributed by atoms with Crippen molar-refractivity contribution in [3.63, 3.8) is 0 Å². The molecule has 14 heavy (non-hydrogen) atoms. The second-order valence-corrected chi connectivity index (χ2v) is 2.70. The number of hydrogen-bond acceptors (Lipinski definition) is 4. The number of nitrogens with zero attached hydrogens (tertiary/aromatic N) is 3. The van der Waals surface area contributed by atoms with Gasteiger partial charge in [0.1, 0.15) is 11.6 Å². The van der Waals surface area contributed by atoms with Crippen LogP contribution in [0.4, 0.5) is 0 Å². The van der Waals surface area contributed by atoms with Gasteiger partial charge in [0.05, 0.1) is 18.1 Å². The smallest absolute Gasteiger partial charge is 0.232 e. The van der Waals surface area contributed by atoms with E-state index in [9.17, 15) is 0 Å². The lowest BCUT2D eigenvalue weighted by molar-refractivity contribution is 0.398. The molecular weight excluding hydrogens is 178 g/mol. The van der Waals surface area contributed by atoms with Crippen LogP contribution in [-0.2, 0) is 0 Å². The number of methoxy groups -OCH3 is 1. The molecule has 0 aromatic carbocycles. The fourth-order valence-electron chi connectivity index (χ4n) is 1.22. The first-order valence-corrected chi connectivity index (χ1v) is 4.05. The maximum Gasteiger partial charge on any atom is 0.232 e. The van der Waals surface area contributed by atoms with E-state index in [1.54, 1.807) is 18.3 Å². The van der Waals surface area contributed by atoms with E-state index in [4.69, 9.17) is 10.00 Å². The lowest BCUT2D eigenvalue weighted by Gasteiger charge is -2.02. The third kappa shape index (κ3) is 1.25. The maximum atomic E-state index is 8.81. The van der Waals surface area contributed by atoms with Crippen molar-refractivity contribution < 1.29 is 4.74 Å². The Bertz CT molecular complexity index is 516. The Balaban J connectivity index is 2.77. The first-order valence-electron chi connectivity index (χ1n) is 4.05. The van der Waals surface area contributed by atoms with Crippen molar-refractivity contribution in [2.24, 2.45) is 0 Å². The zero-order valence-corrected chi connectivity index (χ0v) is 7.56. The predicted octanol–water partition coefficient (Wildman–Crippen LogP) is 1.51. The molecule has 0 fully saturated rings. The van der Waals surface area contributed by atoms with Gasteiger partial charge >= 0.3 is 0 Å². The molecular formula is C10H7N3O. The second kappa shape index (κ2) is 3.30. The zero-order chi connectivity index (χ0) is 9.97. The molecule has 0 aliphatic carbocycles. The minimum atomic E-state index is 0.341. The van der Waals surface area contributed by atoms with Crippen LogP contribution in [0.15, 0.2) is 24.4 Å². The van der Waals surface area contributed by atoms with Gasteiger partial charge in [-0.25, -0.2) is 4.98 Å². The summed E-state index contributed by atoms with van der Waals surface area (Å²) in [6, 6.07) is 7.30. The fourth-order valence-corrected chi connectivity index (χ4v) is 1.22. The van der Waals surface area contributed by atoms with E-state index < -0.39 is 0 Å². The van der Waals surface area contributed by atoms with Crippen LogP contribution >= 0.6 is 0 Å². The number of aromatic nitrogens is 2. The molecule has 4 heteroatoms. The third-order valence-corrected chi connectivity index (χ3v) is 1.86. The second-order valence-electron chi connectivity index (χ2n) is 2.70. The highest BCUT2D eigenvalue weighted by molar-refractivity contribution is 5.76. The minimum Gasteiger partial charge on any atom is -0.480 e. The molecule has 0 aliphatic rings. The van der Waals surface area contributed by atoms with Crippen LogP contribution in [0.1, 0.15) is 5.56 Å². The standard InChI is InChI=1S/C10H7N3O/c1-14-10-7(6-11)5-9-8(13-10)3-2-4-12-9/h2-5H,1H3. The molecule has 0 unspecified atom stereocenters. The molecule has 0 aliphatic heterocycles. The highest BCUT2D eigenvalue weighted by Crippen LogP contribution is 2.19. The summed E-state index contributed by atoms with van der Waals surface area (Å²) in [5.74, 6) is 0.341. The Morgan fingerprint density at radius 2 is 2.29 bits per heavy atom. The molecule has 2 heterocycles. The van der Waals surface area contributed by atoms with Crippen molar-refractivity contribution in [3.8, 4) is 11.9 Å². The van der Waals surface area contributed by atoms with Crippen LogP contribution in [-0.4, -0.2) is 17.1 Å². The monoisotopic (exact) mass is 185 g/mol. The van der Waals surface area contributed by atoms with Crippen LogP contribution in [0.25, 0.3) is 11.0 Å². The molecule has 0 N–H and O–H groups in total.